The Morgan fingerprint density at radius 1 is 0.615 bits per heavy atom. The molecule has 4 atom stereocenters. The summed E-state index contributed by atoms with van der Waals surface area (Å²) in [6.45, 7) is 14.9. The first-order chi connectivity index (χ1) is 24.4. The number of nitrogens with zero attached hydrogens (tertiary/aromatic N) is 4. The summed E-state index contributed by atoms with van der Waals surface area (Å²) in [6.07, 6.45) is 8.94. The largest absolute Gasteiger partial charge is 0.465 e. The van der Waals surface area contributed by atoms with Gasteiger partial charge in [-0.25, -0.2) is 9.97 Å². The van der Waals surface area contributed by atoms with Gasteiger partial charge < -0.3 is 28.1 Å². The maximum absolute atomic E-state index is 13.4. The smallest absolute Gasteiger partial charge is 0.311 e. The molecule has 0 saturated carbocycles. The Balaban J connectivity index is 1.61. The van der Waals surface area contributed by atoms with Gasteiger partial charge in [-0.05, 0) is 78.4 Å². The highest BCUT2D eigenvalue weighted by Gasteiger charge is 2.34. The molecule has 12 nitrogen and oxygen atoms in total. The third kappa shape index (κ3) is 12.3. The molecule has 4 unspecified atom stereocenters. The van der Waals surface area contributed by atoms with Crippen LogP contribution in [0.3, 0.4) is 0 Å². The summed E-state index contributed by atoms with van der Waals surface area (Å²) >= 11 is 0. The number of ether oxygens (including phenoxy) is 4. The van der Waals surface area contributed by atoms with Crippen molar-refractivity contribution < 1.29 is 38.1 Å². The van der Waals surface area contributed by atoms with E-state index in [1.54, 1.807) is 66.6 Å². The molecule has 0 aliphatic heterocycles. The highest BCUT2D eigenvalue weighted by molar-refractivity contribution is 5.76. The highest BCUT2D eigenvalue weighted by Crippen LogP contribution is 2.27. The minimum absolute atomic E-state index is 0.0660. The van der Waals surface area contributed by atoms with Crippen molar-refractivity contribution in [2.75, 3.05) is 13.2 Å². The van der Waals surface area contributed by atoms with Gasteiger partial charge in [0.15, 0.2) is 0 Å². The minimum atomic E-state index is -0.660. The van der Waals surface area contributed by atoms with E-state index in [4.69, 9.17) is 18.9 Å². The van der Waals surface area contributed by atoms with Crippen LogP contribution in [0.25, 0.3) is 0 Å². The molecular formula is C40H58N4O8. The molecule has 0 aliphatic rings. The first-order valence-electron chi connectivity index (χ1n) is 18.1. The maximum atomic E-state index is 13.4. The van der Waals surface area contributed by atoms with Gasteiger partial charge in [-0.1, -0.05) is 38.1 Å². The Morgan fingerprint density at radius 3 is 1.23 bits per heavy atom. The van der Waals surface area contributed by atoms with Gasteiger partial charge in [0.1, 0.15) is 13.2 Å². The van der Waals surface area contributed by atoms with Gasteiger partial charge >= 0.3 is 23.9 Å². The SMILES string of the molecule is CCC(C(=O)OCc1ccc(COC(=O)C(CC)C(COC(=O)C(C)(C)C)Cc2cncn2C)cc1)C(COC(=O)C(C)(C)C)Cc1cncn1C. The number of hydrogen-bond acceptors (Lipinski definition) is 10. The fourth-order valence-corrected chi connectivity index (χ4v) is 5.77. The van der Waals surface area contributed by atoms with Crippen molar-refractivity contribution in [3.63, 3.8) is 0 Å². The van der Waals surface area contributed by atoms with Gasteiger partial charge in [0.25, 0.3) is 0 Å². The van der Waals surface area contributed by atoms with E-state index in [1.807, 2.05) is 61.3 Å². The predicted molar refractivity (Wildman–Crippen MR) is 195 cm³/mol. The Bertz CT molecular complexity index is 1490. The fourth-order valence-electron chi connectivity index (χ4n) is 5.77. The molecule has 3 aromatic rings. The summed E-state index contributed by atoms with van der Waals surface area (Å²) in [5.74, 6) is -2.95. The van der Waals surface area contributed by atoms with E-state index >= 15 is 0 Å². The summed E-state index contributed by atoms with van der Waals surface area (Å²) in [7, 11) is 3.78. The lowest BCUT2D eigenvalue weighted by molar-refractivity contribution is -0.160. The second-order valence-electron chi connectivity index (χ2n) is 15.7. The molecule has 0 saturated heterocycles. The van der Waals surface area contributed by atoms with E-state index in [0.717, 1.165) is 22.5 Å². The summed E-state index contributed by atoms with van der Waals surface area (Å²) in [5.41, 5.74) is 2.10. The van der Waals surface area contributed by atoms with Gasteiger partial charge in [-0.2, -0.15) is 0 Å². The number of carbonyl (C=O) groups is 4. The quantitative estimate of drug-likeness (QED) is 0.110. The van der Waals surface area contributed by atoms with Crippen molar-refractivity contribution >= 4 is 23.9 Å². The third-order valence-electron chi connectivity index (χ3n) is 9.27. The van der Waals surface area contributed by atoms with Crippen molar-refractivity contribution in [2.45, 2.75) is 94.3 Å². The number of carbonyl (C=O) groups excluding carboxylic acids is 4. The maximum Gasteiger partial charge on any atom is 0.311 e. The first kappa shape index (κ1) is 41.9. The summed E-state index contributed by atoms with van der Waals surface area (Å²) in [6, 6.07) is 7.35. The van der Waals surface area contributed by atoms with Crippen molar-refractivity contribution in [1.82, 2.24) is 19.1 Å². The highest BCUT2D eigenvalue weighted by atomic mass is 16.5. The van der Waals surface area contributed by atoms with Crippen molar-refractivity contribution in [3.8, 4) is 0 Å². The second-order valence-corrected chi connectivity index (χ2v) is 15.7. The van der Waals surface area contributed by atoms with Gasteiger partial charge in [0.2, 0.25) is 0 Å². The lowest BCUT2D eigenvalue weighted by Gasteiger charge is -2.26. The average molecular weight is 723 g/mol. The molecule has 0 spiro atoms. The Hall–Kier alpha value is -4.48. The van der Waals surface area contributed by atoms with Gasteiger partial charge in [-0.3, -0.25) is 19.2 Å². The molecule has 0 radical (unpaired) electrons. The first-order valence-corrected chi connectivity index (χ1v) is 18.1. The molecule has 0 aliphatic carbocycles. The van der Waals surface area contributed by atoms with Crippen LogP contribution < -0.4 is 0 Å². The van der Waals surface area contributed by atoms with Gasteiger partial charge in [0.05, 0.1) is 48.5 Å². The molecular weight excluding hydrogens is 664 g/mol. The Morgan fingerprint density at radius 2 is 0.962 bits per heavy atom. The number of esters is 4. The zero-order valence-electron chi connectivity index (χ0n) is 32.6. The molecule has 0 bridgehead atoms. The number of imidazole rings is 2. The van der Waals surface area contributed by atoms with Crippen molar-refractivity contribution in [3.05, 3.63) is 71.8 Å². The standard InChI is InChI=1S/C40H58N4O8/c1-11-33(29(17-31-19-41-25-43(31)9)23-51-37(47)39(3,4)5)35(45)49-21-27-13-15-28(16-14-27)22-50-36(46)34(12-2)30(18-32-20-42-26-44(32)10)24-52-38(48)40(6,7)8/h13-16,19-20,25-26,29-30,33-34H,11-12,17-18,21-24H2,1-10H3. The van der Waals surface area contributed by atoms with E-state index in [0.29, 0.717) is 25.7 Å². The Labute approximate surface area is 308 Å². The lowest BCUT2D eigenvalue weighted by atomic mass is 9.86. The molecule has 3 rings (SSSR count). The van der Waals surface area contributed by atoms with Crippen LogP contribution in [0.5, 0.6) is 0 Å². The minimum Gasteiger partial charge on any atom is -0.465 e. The normalized spacial score (nSPS) is 14.2. The number of benzene rings is 1. The van der Waals surface area contributed by atoms with Crippen LogP contribution in [-0.2, 0) is 78.3 Å². The second kappa shape index (κ2) is 18.8. The third-order valence-corrected chi connectivity index (χ3v) is 9.27. The molecule has 2 aromatic heterocycles. The summed E-state index contributed by atoms with van der Waals surface area (Å²) in [4.78, 5) is 60.3. The van der Waals surface area contributed by atoms with E-state index < -0.39 is 22.7 Å². The van der Waals surface area contributed by atoms with Gasteiger partial charge in [-0.15, -0.1) is 0 Å². The van der Waals surface area contributed by atoms with E-state index in [9.17, 15) is 19.2 Å². The van der Waals surface area contributed by atoms with E-state index in [1.165, 1.54) is 0 Å². The van der Waals surface area contributed by atoms with Crippen molar-refractivity contribution in [2.24, 2.45) is 48.6 Å². The topological polar surface area (TPSA) is 141 Å². The van der Waals surface area contributed by atoms with Crippen LogP contribution in [0.15, 0.2) is 49.3 Å². The molecule has 286 valence electrons. The molecule has 12 heteroatoms. The molecule has 2 heterocycles. The predicted octanol–water partition coefficient (Wildman–Crippen LogP) is 6.19. The average Bonchev–Trinajstić information content (AvgIpc) is 3.69. The van der Waals surface area contributed by atoms with E-state index in [-0.39, 0.29) is 62.1 Å². The number of hydrogen-bond donors (Lipinski definition) is 0. The molecule has 52 heavy (non-hydrogen) atoms. The summed E-state index contributed by atoms with van der Waals surface area (Å²) in [5, 5.41) is 0. The monoisotopic (exact) mass is 722 g/mol. The summed E-state index contributed by atoms with van der Waals surface area (Å²) < 4.78 is 26.7. The molecule has 0 amide bonds. The van der Waals surface area contributed by atoms with Crippen LogP contribution in [0.1, 0.15) is 90.7 Å². The van der Waals surface area contributed by atoms with Crippen LogP contribution in [0.2, 0.25) is 0 Å². The van der Waals surface area contributed by atoms with Crippen molar-refractivity contribution in [1.29, 1.82) is 0 Å². The van der Waals surface area contributed by atoms with Crippen LogP contribution in [0.4, 0.5) is 0 Å². The van der Waals surface area contributed by atoms with Crippen LogP contribution in [-0.4, -0.2) is 56.2 Å². The van der Waals surface area contributed by atoms with Crippen LogP contribution in [0, 0.1) is 34.5 Å². The van der Waals surface area contributed by atoms with Crippen LogP contribution >= 0.6 is 0 Å². The molecule has 1 aromatic carbocycles. The zero-order valence-corrected chi connectivity index (χ0v) is 32.6. The lowest BCUT2D eigenvalue weighted by Crippen LogP contribution is -2.33. The molecule has 0 fully saturated rings. The Kier molecular flexibility index (Phi) is 15.2. The zero-order chi connectivity index (χ0) is 38.6. The number of aromatic nitrogens is 4. The number of aryl methyl sites for hydroxylation is 2. The fraction of sp³-hybridized carbons (Fsp3) is 0.600. The molecule has 0 N–H and O–H groups in total. The van der Waals surface area contributed by atoms with Gasteiger partial charge in [0, 0.05) is 49.7 Å². The number of rotatable bonds is 18. The van der Waals surface area contributed by atoms with E-state index in [2.05, 4.69) is 9.97 Å².